The highest BCUT2D eigenvalue weighted by atomic mass is 16.2. The van der Waals surface area contributed by atoms with Gasteiger partial charge >= 0.3 is 0 Å². The zero-order valence-electron chi connectivity index (χ0n) is 11.8. The van der Waals surface area contributed by atoms with Crippen LogP contribution in [-0.2, 0) is 9.59 Å². The molecule has 1 aliphatic rings. The molecule has 3 N–H and O–H groups in total. The van der Waals surface area contributed by atoms with Gasteiger partial charge in [-0.05, 0) is 19.8 Å². The standard InChI is InChI=1S/C13H25N3O2/c1-5-16-7-10(6-11(16)17)12(18)15-13(4,8-14)9(2)3/h9-10H,5-8,14H2,1-4H3,(H,15,18). The molecule has 0 aromatic heterocycles. The molecule has 1 saturated heterocycles. The first-order chi connectivity index (χ1) is 8.34. The van der Waals surface area contributed by atoms with Crippen LogP contribution in [0.15, 0.2) is 0 Å². The number of carbonyl (C=O) groups excluding carboxylic acids is 2. The van der Waals surface area contributed by atoms with E-state index in [-0.39, 0.29) is 23.7 Å². The van der Waals surface area contributed by atoms with Crippen molar-refractivity contribution < 1.29 is 9.59 Å². The van der Waals surface area contributed by atoms with Crippen LogP contribution in [0.4, 0.5) is 0 Å². The van der Waals surface area contributed by atoms with Crippen molar-refractivity contribution in [2.75, 3.05) is 19.6 Å². The lowest BCUT2D eigenvalue weighted by Gasteiger charge is -2.34. The SMILES string of the molecule is CCN1CC(C(=O)NC(C)(CN)C(C)C)CC1=O. The largest absolute Gasteiger partial charge is 0.349 e. The van der Waals surface area contributed by atoms with Crippen LogP contribution in [0.5, 0.6) is 0 Å². The summed E-state index contributed by atoms with van der Waals surface area (Å²) >= 11 is 0. The highest BCUT2D eigenvalue weighted by Crippen LogP contribution is 2.21. The summed E-state index contributed by atoms with van der Waals surface area (Å²) in [5.74, 6) is 0.0329. The predicted octanol–water partition coefficient (Wildman–Crippen LogP) is 0.344. The van der Waals surface area contributed by atoms with Crippen molar-refractivity contribution in [2.45, 2.75) is 39.7 Å². The predicted molar refractivity (Wildman–Crippen MR) is 70.8 cm³/mol. The molecule has 0 aromatic rings. The first-order valence-corrected chi connectivity index (χ1v) is 6.64. The van der Waals surface area contributed by atoms with Gasteiger partial charge in [-0.25, -0.2) is 0 Å². The summed E-state index contributed by atoms with van der Waals surface area (Å²) in [4.78, 5) is 25.5. The molecule has 2 amide bonds. The van der Waals surface area contributed by atoms with Gasteiger partial charge in [0.25, 0.3) is 0 Å². The molecule has 0 saturated carbocycles. The van der Waals surface area contributed by atoms with Gasteiger partial charge in [0.05, 0.1) is 11.5 Å². The molecule has 0 spiro atoms. The van der Waals surface area contributed by atoms with Gasteiger partial charge in [0, 0.05) is 26.1 Å². The maximum atomic E-state index is 12.2. The molecule has 0 bridgehead atoms. The number of hydrogen-bond donors (Lipinski definition) is 2. The first-order valence-electron chi connectivity index (χ1n) is 6.64. The van der Waals surface area contributed by atoms with E-state index in [1.54, 1.807) is 4.90 Å². The fraction of sp³-hybridized carbons (Fsp3) is 0.846. The van der Waals surface area contributed by atoms with Gasteiger partial charge in [-0.3, -0.25) is 9.59 Å². The van der Waals surface area contributed by atoms with Crippen LogP contribution in [0.3, 0.4) is 0 Å². The quantitative estimate of drug-likeness (QED) is 0.744. The Morgan fingerprint density at radius 2 is 2.22 bits per heavy atom. The lowest BCUT2D eigenvalue weighted by atomic mass is 9.87. The Morgan fingerprint density at radius 1 is 1.61 bits per heavy atom. The molecule has 1 aliphatic heterocycles. The number of hydrogen-bond acceptors (Lipinski definition) is 3. The second-order valence-corrected chi connectivity index (χ2v) is 5.60. The van der Waals surface area contributed by atoms with E-state index in [0.717, 1.165) is 0 Å². The number of nitrogens with one attached hydrogen (secondary N) is 1. The Morgan fingerprint density at radius 3 is 2.61 bits per heavy atom. The van der Waals surface area contributed by atoms with Crippen LogP contribution >= 0.6 is 0 Å². The van der Waals surface area contributed by atoms with Crippen molar-refractivity contribution in [3.63, 3.8) is 0 Å². The van der Waals surface area contributed by atoms with Crippen LogP contribution in [0.25, 0.3) is 0 Å². The lowest BCUT2D eigenvalue weighted by Crippen LogP contribution is -2.56. The van der Waals surface area contributed by atoms with Gasteiger partial charge < -0.3 is 16.0 Å². The van der Waals surface area contributed by atoms with Gasteiger partial charge in [0.2, 0.25) is 11.8 Å². The number of carbonyl (C=O) groups is 2. The smallest absolute Gasteiger partial charge is 0.225 e. The van der Waals surface area contributed by atoms with E-state index >= 15 is 0 Å². The second-order valence-electron chi connectivity index (χ2n) is 5.60. The molecular weight excluding hydrogens is 230 g/mol. The van der Waals surface area contributed by atoms with Gasteiger partial charge in [-0.2, -0.15) is 0 Å². The average molecular weight is 255 g/mol. The van der Waals surface area contributed by atoms with Crippen LogP contribution in [0, 0.1) is 11.8 Å². The van der Waals surface area contributed by atoms with Crippen LogP contribution in [-0.4, -0.2) is 41.9 Å². The summed E-state index contributed by atoms with van der Waals surface area (Å²) in [5.41, 5.74) is 5.34. The van der Waals surface area contributed by atoms with Crippen molar-refractivity contribution in [3.05, 3.63) is 0 Å². The van der Waals surface area contributed by atoms with Gasteiger partial charge in [-0.1, -0.05) is 13.8 Å². The summed E-state index contributed by atoms with van der Waals surface area (Å²) in [6, 6.07) is 0. The third kappa shape index (κ3) is 3.02. The fourth-order valence-corrected chi connectivity index (χ4v) is 2.07. The molecule has 0 aliphatic carbocycles. The normalized spacial score (nSPS) is 23.3. The van der Waals surface area contributed by atoms with Crippen molar-refractivity contribution in [3.8, 4) is 0 Å². The van der Waals surface area contributed by atoms with Crippen molar-refractivity contribution in [1.82, 2.24) is 10.2 Å². The minimum absolute atomic E-state index is 0.0547. The first kappa shape index (κ1) is 15.0. The number of rotatable bonds is 5. The Hall–Kier alpha value is -1.10. The van der Waals surface area contributed by atoms with Gasteiger partial charge in [0.15, 0.2) is 0 Å². The van der Waals surface area contributed by atoms with Gasteiger partial charge in [-0.15, -0.1) is 0 Å². The summed E-state index contributed by atoms with van der Waals surface area (Å²) in [6.07, 6.45) is 0.318. The average Bonchev–Trinajstić information content (AvgIpc) is 2.70. The Balaban J connectivity index is 2.64. The van der Waals surface area contributed by atoms with E-state index in [0.29, 0.717) is 26.1 Å². The summed E-state index contributed by atoms with van der Waals surface area (Å²) < 4.78 is 0. The Bertz CT molecular complexity index is 330. The maximum Gasteiger partial charge on any atom is 0.225 e. The van der Waals surface area contributed by atoms with E-state index in [4.69, 9.17) is 5.73 Å². The van der Waals surface area contributed by atoms with Crippen LogP contribution in [0.1, 0.15) is 34.1 Å². The number of nitrogens with two attached hydrogens (primary N) is 1. The molecule has 1 heterocycles. The van der Waals surface area contributed by atoms with Crippen molar-refractivity contribution in [2.24, 2.45) is 17.6 Å². The van der Waals surface area contributed by atoms with E-state index in [9.17, 15) is 9.59 Å². The Labute approximate surface area is 109 Å². The third-order valence-electron chi connectivity index (χ3n) is 4.07. The van der Waals surface area contributed by atoms with Crippen molar-refractivity contribution in [1.29, 1.82) is 0 Å². The molecule has 1 rings (SSSR count). The molecular formula is C13H25N3O2. The summed E-state index contributed by atoms with van der Waals surface area (Å²) in [6.45, 7) is 9.53. The third-order valence-corrected chi connectivity index (χ3v) is 4.07. The zero-order valence-corrected chi connectivity index (χ0v) is 11.8. The number of amides is 2. The van der Waals surface area contributed by atoms with Gasteiger partial charge in [0.1, 0.15) is 0 Å². The topological polar surface area (TPSA) is 75.4 Å². The van der Waals surface area contributed by atoms with Crippen LogP contribution < -0.4 is 11.1 Å². The second kappa shape index (κ2) is 5.69. The lowest BCUT2D eigenvalue weighted by molar-refractivity contribution is -0.129. The highest BCUT2D eigenvalue weighted by molar-refractivity contribution is 5.89. The molecule has 1 fully saturated rings. The van der Waals surface area contributed by atoms with Crippen LogP contribution in [0.2, 0.25) is 0 Å². The molecule has 5 nitrogen and oxygen atoms in total. The molecule has 2 unspecified atom stereocenters. The van der Waals surface area contributed by atoms with Crippen molar-refractivity contribution >= 4 is 11.8 Å². The molecule has 104 valence electrons. The number of likely N-dealkylation sites (tertiary alicyclic amines) is 1. The molecule has 2 atom stereocenters. The highest BCUT2D eigenvalue weighted by Gasteiger charge is 2.37. The Kier molecular flexibility index (Phi) is 4.73. The molecule has 0 aromatic carbocycles. The van der Waals surface area contributed by atoms with E-state index in [2.05, 4.69) is 5.32 Å². The zero-order chi connectivity index (χ0) is 13.9. The molecule has 18 heavy (non-hydrogen) atoms. The minimum Gasteiger partial charge on any atom is -0.349 e. The van der Waals surface area contributed by atoms with E-state index < -0.39 is 5.54 Å². The minimum atomic E-state index is -0.403. The number of nitrogens with zero attached hydrogens (tertiary/aromatic N) is 1. The molecule has 5 heteroatoms. The van der Waals surface area contributed by atoms with E-state index in [1.165, 1.54) is 0 Å². The fourth-order valence-electron chi connectivity index (χ4n) is 2.07. The van der Waals surface area contributed by atoms with E-state index in [1.807, 2.05) is 27.7 Å². The summed E-state index contributed by atoms with van der Waals surface area (Å²) in [5, 5.41) is 3.01. The summed E-state index contributed by atoms with van der Waals surface area (Å²) in [7, 11) is 0. The maximum absolute atomic E-state index is 12.2. The monoisotopic (exact) mass is 255 g/mol. The molecule has 0 radical (unpaired) electrons.